The maximum Gasteiger partial charge on any atom is 0.279 e. The Morgan fingerprint density at radius 3 is 2.64 bits per heavy atom. The Kier molecular flexibility index (Phi) is 5.21. The van der Waals surface area contributed by atoms with Crippen molar-refractivity contribution in [3.63, 3.8) is 0 Å². The molecule has 0 saturated heterocycles. The Labute approximate surface area is 128 Å². The highest BCUT2D eigenvalue weighted by Gasteiger charge is 2.12. The third kappa shape index (κ3) is 4.39. The van der Waals surface area contributed by atoms with E-state index < -0.39 is 4.92 Å². The van der Waals surface area contributed by atoms with Gasteiger partial charge in [-0.1, -0.05) is 36.4 Å². The molecule has 2 rings (SSSR count). The van der Waals surface area contributed by atoms with Crippen LogP contribution in [0.3, 0.4) is 0 Å². The van der Waals surface area contributed by atoms with Crippen LogP contribution in [-0.2, 0) is 4.79 Å². The number of non-ortho nitro benzene ring substituents is 1. The predicted molar refractivity (Wildman–Crippen MR) is 83.4 cm³/mol. The third-order valence-electron chi connectivity index (χ3n) is 3.32. The highest BCUT2D eigenvalue weighted by molar-refractivity contribution is 5.91. The molecule has 22 heavy (non-hydrogen) atoms. The number of benzene rings is 2. The fourth-order valence-corrected chi connectivity index (χ4v) is 2.09. The molecule has 2 aromatic carbocycles. The van der Waals surface area contributed by atoms with E-state index in [1.54, 1.807) is 12.1 Å². The standard InChI is InChI=1S/C16H17N3O3/c1-12(13-6-3-2-4-7-13)17-11-16(20)18-14-8-5-9-15(10-14)19(21)22/h2-10,12,17H,11H2,1H3,(H,18,20)/p+1/t12-/m0/s1. The van der Waals surface area contributed by atoms with E-state index in [1.165, 1.54) is 12.1 Å². The van der Waals surface area contributed by atoms with Crippen molar-refractivity contribution in [2.75, 3.05) is 11.9 Å². The number of nitrogens with two attached hydrogens (primary N) is 1. The largest absolute Gasteiger partial charge is 0.333 e. The van der Waals surface area contributed by atoms with Crippen molar-refractivity contribution in [2.24, 2.45) is 0 Å². The van der Waals surface area contributed by atoms with Gasteiger partial charge in [0.25, 0.3) is 11.6 Å². The Morgan fingerprint density at radius 2 is 1.95 bits per heavy atom. The number of carbonyl (C=O) groups excluding carboxylic acids is 1. The van der Waals surface area contributed by atoms with E-state index in [0.717, 1.165) is 5.56 Å². The molecule has 0 bridgehead atoms. The van der Waals surface area contributed by atoms with E-state index in [1.807, 2.05) is 42.6 Å². The summed E-state index contributed by atoms with van der Waals surface area (Å²) in [5.41, 5.74) is 1.53. The summed E-state index contributed by atoms with van der Waals surface area (Å²) in [5, 5.41) is 15.3. The van der Waals surface area contributed by atoms with Gasteiger partial charge in [0, 0.05) is 23.4 Å². The molecular weight excluding hydrogens is 282 g/mol. The van der Waals surface area contributed by atoms with E-state index in [-0.39, 0.29) is 24.2 Å². The summed E-state index contributed by atoms with van der Waals surface area (Å²) in [6.07, 6.45) is 0. The fourth-order valence-electron chi connectivity index (χ4n) is 2.09. The first-order valence-corrected chi connectivity index (χ1v) is 6.99. The van der Waals surface area contributed by atoms with E-state index in [4.69, 9.17) is 0 Å². The van der Waals surface area contributed by atoms with Gasteiger partial charge in [0.05, 0.1) is 4.92 Å². The van der Waals surface area contributed by atoms with Crippen LogP contribution < -0.4 is 10.6 Å². The third-order valence-corrected chi connectivity index (χ3v) is 3.32. The molecule has 0 saturated carbocycles. The van der Waals surface area contributed by atoms with Gasteiger partial charge in [-0.2, -0.15) is 0 Å². The average Bonchev–Trinajstić information content (AvgIpc) is 2.53. The number of amides is 1. The van der Waals surface area contributed by atoms with Gasteiger partial charge >= 0.3 is 0 Å². The van der Waals surface area contributed by atoms with Crippen molar-refractivity contribution in [3.05, 3.63) is 70.3 Å². The van der Waals surface area contributed by atoms with Crippen LogP contribution in [0.2, 0.25) is 0 Å². The number of nitro groups is 1. The van der Waals surface area contributed by atoms with Crippen LogP contribution in [0, 0.1) is 10.1 Å². The van der Waals surface area contributed by atoms with Crippen molar-refractivity contribution < 1.29 is 15.0 Å². The maximum atomic E-state index is 11.9. The molecule has 6 nitrogen and oxygen atoms in total. The maximum absolute atomic E-state index is 11.9. The lowest BCUT2D eigenvalue weighted by molar-refractivity contribution is -0.682. The van der Waals surface area contributed by atoms with Gasteiger partial charge in [0.1, 0.15) is 6.04 Å². The lowest BCUT2D eigenvalue weighted by Gasteiger charge is -2.11. The number of nitrogens with one attached hydrogen (secondary N) is 1. The molecule has 1 amide bonds. The molecule has 114 valence electrons. The quantitative estimate of drug-likeness (QED) is 0.630. The molecular formula is C16H18N3O3+. The van der Waals surface area contributed by atoms with Gasteiger partial charge in [0.15, 0.2) is 6.54 Å². The first-order chi connectivity index (χ1) is 10.6. The lowest BCUT2D eigenvalue weighted by atomic mass is 10.1. The Hall–Kier alpha value is -2.73. The van der Waals surface area contributed by atoms with Crippen LogP contribution >= 0.6 is 0 Å². The highest BCUT2D eigenvalue weighted by atomic mass is 16.6. The molecule has 3 N–H and O–H groups in total. The van der Waals surface area contributed by atoms with Crippen LogP contribution in [-0.4, -0.2) is 17.4 Å². The van der Waals surface area contributed by atoms with Crippen molar-refractivity contribution in [1.82, 2.24) is 0 Å². The van der Waals surface area contributed by atoms with Crippen molar-refractivity contribution in [1.29, 1.82) is 0 Å². The molecule has 0 spiro atoms. The van der Waals surface area contributed by atoms with Crippen LogP contribution in [0.1, 0.15) is 18.5 Å². The first kappa shape index (κ1) is 15.7. The van der Waals surface area contributed by atoms with Crippen molar-refractivity contribution in [2.45, 2.75) is 13.0 Å². The summed E-state index contributed by atoms with van der Waals surface area (Å²) >= 11 is 0. The summed E-state index contributed by atoms with van der Waals surface area (Å²) in [6, 6.07) is 16.0. The first-order valence-electron chi connectivity index (χ1n) is 6.99. The van der Waals surface area contributed by atoms with E-state index in [9.17, 15) is 14.9 Å². The molecule has 0 aliphatic rings. The van der Waals surface area contributed by atoms with E-state index in [0.29, 0.717) is 5.69 Å². The van der Waals surface area contributed by atoms with Crippen LogP contribution in [0.25, 0.3) is 0 Å². The van der Waals surface area contributed by atoms with Gasteiger partial charge < -0.3 is 10.6 Å². The summed E-state index contributed by atoms with van der Waals surface area (Å²) in [7, 11) is 0. The van der Waals surface area contributed by atoms with Crippen molar-refractivity contribution in [3.8, 4) is 0 Å². The fraction of sp³-hybridized carbons (Fsp3) is 0.188. The average molecular weight is 300 g/mol. The van der Waals surface area contributed by atoms with Crippen LogP contribution in [0.4, 0.5) is 11.4 Å². The van der Waals surface area contributed by atoms with Gasteiger partial charge in [-0.05, 0) is 13.0 Å². The second kappa shape index (κ2) is 7.33. The number of quaternary nitrogens is 1. The zero-order valence-corrected chi connectivity index (χ0v) is 12.2. The van der Waals surface area contributed by atoms with Crippen LogP contribution in [0.5, 0.6) is 0 Å². The smallest absolute Gasteiger partial charge is 0.279 e. The summed E-state index contributed by atoms with van der Waals surface area (Å²) in [4.78, 5) is 22.1. The van der Waals surface area contributed by atoms with Crippen LogP contribution in [0.15, 0.2) is 54.6 Å². The minimum atomic E-state index is -0.487. The lowest BCUT2D eigenvalue weighted by Crippen LogP contribution is -2.86. The molecule has 0 aliphatic carbocycles. The number of hydrogen-bond acceptors (Lipinski definition) is 3. The van der Waals surface area contributed by atoms with Crippen molar-refractivity contribution >= 4 is 17.3 Å². The highest BCUT2D eigenvalue weighted by Crippen LogP contribution is 2.16. The summed E-state index contributed by atoms with van der Waals surface area (Å²) in [6.45, 7) is 2.27. The normalized spacial score (nSPS) is 11.7. The molecule has 0 unspecified atom stereocenters. The molecule has 2 aromatic rings. The number of nitro benzene ring substituents is 1. The van der Waals surface area contributed by atoms with Gasteiger partial charge in [0.2, 0.25) is 0 Å². The molecule has 0 aliphatic heterocycles. The summed E-state index contributed by atoms with van der Waals surface area (Å²) < 4.78 is 0. The zero-order valence-electron chi connectivity index (χ0n) is 12.2. The molecule has 0 aromatic heterocycles. The second-order valence-electron chi connectivity index (χ2n) is 4.99. The number of anilines is 1. The number of rotatable bonds is 6. The minimum Gasteiger partial charge on any atom is -0.333 e. The van der Waals surface area contributed by atoms with E-state index in [2.05, 4.69) is 5.32 Å². The second-order valence-corrected chi connectivity index (χ2v) is 4.99. The zero-order chi connectivity index (χ0) is 15.9. The number of nitrogens with zero attached hydrogens (tertiary/aromatic N) is 1. The number of carbonyl (C=O) groups is 1. The SMILES string of the molecule is C[C@H]([NH2+]CC(=O)Nc1cccc([N+](=O)[O-])c1)c1ccccc1. The molecule has 6 heteroatoms. The number of hydrogen-bond donors (Lipinski definition) is 2. The van der Waals surface area contributed by atoms with E-state index >= 15 is 0 Å². The topological polar surface area (TPSA) is 88.8 Å². The Balaban J connectivity index is 1.88. The minimum absolute atomic E-state index is 0.0422. The molecule has 0 radical (unpaired) electrons. The molecule has 0 fully saturated rings. The van der Waals surface area contributed by atoms with Gasteiger partial charge in [-0.15, -0.1) is 0 Å². The van der Waals surface area contributed by atoms with Gasteiger partial charge in [-0.3, -0.25) is 14.9 Å². The Bertz CT molecular complexity index is 659. The van der Waals surface area contributed by atoms with Gasteiger partial charge in [-0.25, -0.2) is 0 Å². The molecule has 0 heterocycles. The predicted octanol–water partition coefficient (Wildman–Crippen LogP) is 1.86. The monoisotopic (exact) mass is 300 g/mol. The Morgan fingerprint density at radius 1 is 1.23 bits per heavy atom. The molecule has 1 atom stereocenters. The summed E-state index contributed by atoms with van der Waals surface area (Å²) in [5.74, 6) is -0.191.